The molecule has 0 atom stereocenters. The maximum Gasteiger partial charge on any atom is 0.261 e. The fourth-order valence-electron chi connectivity index (χ4n) is 2.66. The monoisotopic (exact) mass is 395 g/mol. The number of benzene rings is 1. The van der Waals surface area contributed by atoms with E-state index in [0.717, 1.165) is 30.4 Å². The number of amides is 1. The summed E-state index contributed by atoms with van der Waals surface area (Å²) in [5, 5.41) is 6.86. The van der Waals surface area contributed by atoms with E-state index in [2.05, 4.69) is 31.5 Å². The van der Waals surface area contributed by atoms with E-state index in [4.69, 9.17) is 4.74 Å². The zero-order valence-corrected chi connectivity index (χ0v) is 15.2. The summed E-state index contributed by atoms with van der Waals surface area (Å²) >= 11 is 4.93. The maximum atomic E-state index is 12.4. The molecule has 5 nitrogen and oxygen atoms in total. The summed E-state index contributed by atoms with van der Waals surface area (Å²) in [6, 6.07) is 5.33. The van der Waals surface area contributed by atoms with Crippen molar-refractivity contribution < 1.29 is 9.53 Å². The van der Waals surface area contributed by atoms with Crippen LogP contribution in [0.4, 0.5) is 5.13 Å². The van der Waals surface area contributed by atoms with Gasteiger partial charge in [-0.25, -0.2) is 4.98 Å². The van der Waals surface area contributed by atoms with E-state index in [1.807, 2.05) is 12.3 Å². The van der Waals surface area contributed by atoms with Crippen molar-refractivity contribution in [2.45, 2.75) is 18.8 Å². The average Bonchev–Trinajstić information content (AvgIpc) is 3.04. The smallest absolute Gasteiger partial charge is 0.261 e. The predicted octanol–water partition coefficient (Wildman–Crippen LogP) is 3.63. The minimum Gasteiger partial charge on any atom is -0.496 e. The van der Waals surface area contributed by atoms with E-state index in [1.165, 1.54) is 4.88 Å². The van der Waals surface area contributed by atoms with Crippen LogP contribution in [0.5, 0.6) is 5.75 Å². The lowest BCUT2D eigenvalue weighted by Crippen LogP contribution is -2.26. The number of hydrogen-bond acceptors (Lipinski definition) is 5. The van der Waals surface area contributed by atoms with Crippen molar-refractivity contribution in [3.05, 3.63) is 39.3 Å². The van der Waals surface area contributed by atoms with Gasteiger partial charge in [-0.15, -0.1) is 11.3 Å². The molecule has 7 heteroatoms. The van der Waals surface area contributed by atoms with Crippen LogP contribution in [0, 0.1) is 0 Å². The van der Waals surface area contributed by atoms with Crippen LogP contribution in [0.15, 0.2) is 28.9 Å². The molecule has 1 aromatic heterocycles. The number of piperidine rings is 1. The summed E-state index contributed by atoms with van der Waals surface area (Å²) in [4.78, 5) is 18.0. The number of carbonyl (C=O) groups excluding carboxylic acids is 1. The molecule has 23 heavy (non-hydrogen) atoms. The lowest BCUT2D eigenvalue weighted by atomic mass is 9.97. The van der Waals surface area contributed by atoms with Gasteiger partial charge in [0.05, 0.1) is 12.7 Å². The number of nitrogens with zero attached hydrogens (tertiary/aromatic N) is 1. The minimum atomic E-state index is -0.208. The summed E-state index contributed by atoms with van der Waals surface area (Å²) in [5.41, 5.74) is 0.495. The van der Waals surface area contributed by atoms with Gasteiger partial charge in [-0.05, 0) is 50.0 Å². The summed E-state index contributed by atoms with van der Waals surface area (Å²) in [6.45, 7) is 2.08. The zero-order valence-electron chi connectivity index (χ0n) is 12.8. The van der Waals surface area contributed by atoms with Crippen molar-refractivity contribution in [1.82, 2.24) is 10.3 Å². The van der Waals surface area contributed by atoms with Crippen molar-refractivity contribution in [3.63, 3.8) is 0 Å². The van der Waals surface area contributed by atoms with Gasteiger partial charge in [0.15, 0.2) is 5.13 Å². The van der Waals surface area contributed by atoms with Crippen LogP contribution in [-0.4, -0.2) is 31.1 Å². The van der Waals surface area contributed by atoms with Gasteiger partial charge in [0.2, 0.25) is 0 Å². The molecular formula is C16H18BrN3O2S. The third-order valence-corrected chi connectivity index (χ3v) is 5.46. The van der Waals surface area contributed by atoms with Gasteiger partial charge in [0, 0.05) is 15.5 Å². The Hall–Kier alpha value is -1.44. The molecule has 3 rings (SSSR count). The first kappa shape index (κ1) is 16.4. The van der Waals surface area contributed by atoms with Crippen LogP contribution >= 0.6 is 27.3 Å². The molecule has 0 bridgehead atoms. The second-order valence-electron chi connectivity index (χ2n) is 5.39. The Kier molecular flexibility index (Phi) is 5.30. The Morgan fingerprint density at radius 1 is 1.43 bits per heavy atom. The lowest BCUT2D eigenvalue weighted by molar-refractivity contribution is 0.102. The van der Waals surface area contributed by atoms with Crippen molar-refractivity contribution in [1.29, 1.82) is 0 Å². The molecule has 1 aromatic carbocycles. The molecular weight excluding hydrogens is 378 g/mol. The summed E-state index contributed by atoms with van der Waals surface area (Å²) < 4.78 is 6.14. The van der Waals surface area contributed by atoms with Gasteiger partial charge in [0.25, 0.3) is 5.91 Å². The highest BCUT2D eigenvalue weighted by atomic mass is 79.9. The first-order chi connectivity index (χ1) is 11.2. The van der Waals surface area contributed by atoms with E-state index in [1.54, 1.807) is 30.6 Å². The molecule has 0 radical (unpaired) electrons. The molecule has 0 saturated carbocycles. The number of hydrogen-bond donors (Lipinski definition) is 2. The van der Waals surface area contributed by atoms with Gasteiger partial charge >= 0.3 is 0 Å². The van der Waals surface area contributed by atoms with Gasteiger partial charge < -0.3 is 10.1 Å². The highest BCUT2D eigenvalue weighted by molar-refractivity contribution is 9.10. The molecule has 1 saturated heterocycles. The summed E-state index contributed by atoms with van der Waals surface area (Å²) in [6.07, 6.45) is 4.13. The van der Waals surface area contributed by atoms with Crippen LogP contribution in [0.1, 0.15) is 34.0 Å². The number of nitrogens with one attached hydrogen (secondary N) is 2. The normalized spacial score (nSPS) is 15.4. The van der Waals surface area contributed by atoms with E-state index >= 15 is 0 Å². The molecule has 2 heterocycles. The average molecular weight is 396 g/mol. The molecule has 1 amide bonds. The Balaban J connectivity index is 1.72. The molecule has 0 unspecified atom stereocenters. The van der Waals surface area contributed by atoms with Gasteiger partial charge in [-0.2, -0.15) is 0 Å². The first-order valence-corrected chi connectivity index (χ1v) is 9.09. The number of carbonyl (C=O) groups is 1. The number of halogens is 1. The Bertz CT molecular complexity index is 698. The van der Waals surface area contributed by atoms with E-state index in [9.17, 15) is 4.79 Å². The maximum absolute atomic E-state index is 12.4. The standard InChI is InChI=1S/C16H18BrN3O2S/c1-22-13-8-11(17)2-3-12(13)15(21)20-16-19-9-14(23-16)10-4-6-18-7-5-10/h2-3,8-10,18H,4-7H2,1H3,(H,19,20,21). The van der Waals surface area contributed by atoms with Crippen LogP contribution in [0.2, 0.25) is 0 Å². The van der Waals surface area contributed by atoms with Crippen molar-refractivity contribution in [2.24, 2.45) is 0 Å². The van der Waals surface area contributed by atoms with Gasteiger partial charge in [-0.1, -0.05) is 15.9 Å². The summed E-state index contributed by atoms with van der Waals surface area (Å²) in [7, 11) is 1.55. The lowest BCUT2D eigenvalue weighted by Gasteiger charge is -2.20. The van der Waals surface area contributed by atoms with Crippen molar-refractivity contribution >= 4 is 38.3 Å². The molecule has 122 valence electrons. The fourth-order valence-corrected chi connectivity index (χ4v) is 3.98. The Morgan fingerprint density at radius 2 is 2.22 bits per heavy atom. The number of methoxy groups -OCH3 is 1. The minimum absolute atomic E-state index is 0.208. The molecule has 2 N–H and O–H groups in total. The van der Waals surface area contributed by atoms with Gasteiger partial charge in [0.1, 0.15) is 5.75 Å². The number of ether oxygens (including phenoxy) is 1. The topological polar surface area (TPSA) is 63.2 Å². The second-order valence-corrected chi connectivity index (χ2v) is 7.37. The van der Waals surface area contributed by atoms with Gasteiger partial charge in [-0.3, -0.25) is 10.1 Å². The molecule has 0 spiro atoms. The number of rotatable bonds is 4. The summed E-state index contributed by atoms with van der Waals surface area (Å²) in [5.74, 6) is 0.870. The van der Waals surface area contributed by atoms with E-state index in [0.29, 0.717) is 22.4 Å². The molecule has 2 aromatic rings. The quantitative estimate of drug-likeness (QED) is 0.829. The number of anilines is 1. The molecule has 1 fully saturated rings. The third-order valence-electron chi connectivity index (χ3n) is 3.89. The van der Waals surface area contributed by atoms with E-state index < -0.39 is 0 Å². The number of thiazole rings is 1. The van der Waals surface area contributed by atoms with E-state index in [-0.39, 0.29) is 5.91 Å². The SMILES string of the molecule is COc1cc(Br)ccc1C(=O)Nc1ncc(C2CCNCC2)s1. The molecule has 0 aliphatic carbocycles. The van der Waals surface area contributed by atoms with Crippen molar-refractivity contribution in [3.8, 4) is 5.75 Å². The zero-order chi connectivity index (χ0) is 16.2. The molecule has 1 aliphatic rings. The largest absolute Gasteiger partial charge is 0.496 e. The second kappa shape index (κ2) is 7.42. The van der Waals surface area contributed by atoms with Crippen LogP contribution in [-0.2, 0) is 0 Å². The fraction of sp³-hybridized carbons (Fsp3) is 0.375. The molecule has 1 aliphatic heterocycles. The Morgan fingerprint density at radius 3 is 2.96 bits per heavy atom. The Labute approximate surface area is 147 Å². The predicted molar refractivity (Wildman–Crippen MR) is 95.6 cm³/mol. The third kappa shape index (κ3) is 3.91. The number of aromatic nitrogens is 1. The highest BCUT2D eigenvalue weighted by Gasteiger charge is 2.19. The van der Waals surface area contributed by atoms with Crippen LogP contribution in [0.25, 0.3) is 0 Å². The van der Waals surface area contributed by atoms with Crippen LogP contribution in [0.3, 0.4) is 0 Å². The van der Waals surface area contributed by atoms with Crippen molar-refractivity contribution in [2.75, 3.05) is 25.5 Å². The first-order valence-electron chi connectivity index (χ1n) is 7.48. The van der Waals surface area contributed by atoms with Crippen LogP contribution < -0.4 is 15.4 Å². The highest BCUT2D eigenvalue weighted by Crippen LogP contribution is 2.32.